The van der Waals surface area contributed by atoms with E-state index >= 15 is 0 Å². The number of benzene rings is 1. The van der Waals surface area contributed by atoms with Gasteiger partial charge in [-0.15, -0.1) is 39.1 Å². The first-order valence-corrected chi connectivity index (χ1v) is 19.7. The highest BCUT2D eigenvalue weighted by molar-refractivity contribution is 9.11. The molecule has 0 fully saturated rings. The van der Waals surface area contributed by atoms with Crippen molar-refractivity contribution in [3.63, 3.8) is 0 Å². The number of amides is 3. The summed E-state index contributed by atoms with van der Waals surface area (Å²) in [5.41, 5.74) is 19.3. The number of carbonyl (C=O) groups excluding carboxylic acids is 3. The van der Waals surface area contributed by atoms with Crippen LogP contribution in [-0.2, 0) is 6.42 Å². The molecule has 0 saturated heterocycles. The molecule has 0 radical (unpaired) electrons. The number of hydrogen-bond acceptors (Lipinski definition) is 16. The quantitative estimate of drug-likeness (QED) is 0.108. The van der Waals surface area contributed by atoms with Crippen molar-refractivity contribution < 1.29 is 28.7 Å². The van der Waals surface area contributed by atoms with E-state index < -0.39 is 23.7 Å². The number of allylic oxidation sites excluding steroid dienone is 1. The van der Waals surface area contributed by atoms with Gasteiger partial charge in [-0.25, -0.2) is 24.7 Å². The summed E-state index contributed by atoms with van der Waals surface area (Å²) >= 11 is 16.3. The fourth-order valence-electron chi connectivity index (χ4n) is 3.91. The van der Waals surface area contributed by atoms with Gasteiger partial charge in [0.15, 0.2) is 12.3 Å². The van der Waals surface area contributed by atoms with Crippen LogP contribution >= 0.6 is 88.8 Å². The summed E-state index contributed by atoms with van der Waals surface area (Å²) in [6, 6.07) is 6.65. The van der Waals surface area contributed by atoms with Crippen LogP contribution in [0.2, 0.25) is 4.47 Å². The summed E-state index contributed by atoms with van der Waals surface area (Å²) in [5.74, 6) is -1.85. The van der Waals surface area contributed by atoms with Crippen LogP contribution in [0.15, 0.2) is 61.3 Å². The number of primary amides is 3. The Hall–Kier alpha value is -4.45. The largest absolute Gasteiger partial charge is 0.477 e. The Morgan fingerprint density at radius 2 is 1.40 bits per heavy atom. The van der Waals surface area contributed by atoms with E-state index in [2.05, 4.69) is 79.5 Å². The van der Waals surface area contributed by atoms with Crippen molar-refractivity contribution in [1.29, 1.82) is 0 Å². The Morgan fingerprint density at radius 1 is 0.830 bits per heavy atom. The summed E-state index contributed by atoms with van der Waals surface area (Å²) in [6.45, 7) is 4.01. The Kier molecular flexibility index (Phi) is 14.8. The normalized spacial score (nSPS) is 11.2. The minimum absolute atomic E-state index is 0.210. The molecule has 0 saturated carbocycles. The van der Waals surface area contributed by atoms with Crippen LogP contribution in [0.3, 0.4) is 0 Å². The number of aromatic carboxylic acids is 1. The van der Waals surface area contributed by atoms with E-state index in [4.69, 9.17) is 38.3 Å². The van der Waals surface area contributed by atoms with Crippen LogP contribution in [0.4, 0.5) is 6.01 Å². The third-order valence-corrected chi connectivity index (χ3v) is 11.2. The van der Waals surface area contributed by atoms with E-state index in [-0.39, 0.29) is 10.9 Å². The first-order chi connectivity index (χ1) is 25.1. The van der Waals surface area contributed by atoms with Gasteiger partial charge in [0.2, 0.25) is 5.89 Å². The Morgan fingerprint density at radius 3 is 1.85 bits per heavy atom. The third-order valence-electron chi connectivity index (χ3n) is 6.12. The van der Waals surface area contributed by atoms with E-state index in [1.165, 1.54) is 53.0 Å². The van der Waals surface area contributed by atoms with Crippen LogP contribution in [0.1, 0.15) is 68.7 Å². The molecule has 8 N–H and O–H groups in total. The van der Waals surface area contributed by atoms with Gasteiger partial charge in [-0.3, -0.25) is 14.4 Å². The van der Waals surface area contributed by atoms with Gasteiger partial charge >= 0.3 is 12.0 Å². The summed E-state index contributed by atoms with van der Waals surface area (Å²) in [5, 5.41) is 20.4. The summed E-state index contributed by atoms with van der Waals surface area (Å²) in [7, 11) is 0. The lowest BCUT2D eigenvalue weighted by Gasteiger charge is -2.05. The van der Waals surface area contributed by atoms with Crippen molar-refractivity contribution in [2.75, 3.05) is 5.32 Å². The van der Waals surface area contributed by atoms with Crippen LogP contribution in [0, 0.1) is 0 Å². The lowest BCUT2D eigenvalue weighted by molar-refractivity contribution is 0.0701. The van der Waals surface area contributed by atoms with Gasteiger partial charge in [-0.05, 0) is 75.4 Å². The fraction of sp³-hybridized carbons (Fsp3) is 0.133. The molecular formula is C30H25Br2ClN10O6S4. The first kappa shape index (κ1) is 41.3. The van der Waals surface area contributed by atoms with Crippen LogP contribution in [0.25, 0.3) is 17.0 Å². The number of thiazole rings is 4. The van der Waals surface area contributed by atoms with Gasteiger partial charge in [0.25, 0.3) is 17.7 Å². The van der Waals surface area contributed by atoms with Gasteiger partial charge in [0, 0.05) is 17.2 Å². The highest BCUT2D eigenvalue weighted by atomic mass is 79.9. The summed E-state index contributed by atoms with van der Waals surface area (Å²) in [4.78, 5) is 59.2. The van der Waals surface area contributed by atoms with Gasteiger partial charge in [-0.1, -0.05) is 40.2 Å². The number of hydrogen-bond donors (Lipinski definition) is 5. The van der Waals surface area contributed by atoms with Gasteiger partial charge < -0.3 is 32.0 Å². The third kappa shape index (κ3) is 12.0. The van der Waals surface area contributed by atoms with E-state index in [9.17, 15) is 19.2 Å². The number of carbonyl (C=O) groups is 4. The topological polar surface area (TPSA) is 269 Å². The molecule has 0 atom stereocenters. The second-order valence-corrected chi connectivity index (χ2v) is 17.5. The van der Waals surface area contributed by atoms with E-state index in [1.807, 2.05) is 26.0 Å². The monoisotopic (exact) mass is 942 g/mol. The lowest BCUT2D eigenvalue weighted by Crippen LogP contribution is -2.09. The zero-order chi connectivity index (χ0) is 38.8. The van der Waals surface area contributed by atoms with Crippen LogP contribution < -0.4 is 22.5 Å². The number of nitrogens with zero attached hydrogens (tertiary/aromatic N) is 6. The predicted octanol–water partition coefficient (Wildman–Crippen LogP) is 6.60. The molecule has 0 aliphatic heterocycles. The first-order valence-electron chi connectivity index (χ1n) is 14.5. The number of carboxylic acids is 1. The second-order valence-electron chi connectivity index (χ2n) is 10.3. The highest BCUT2D eigenvalue weighted by Crippen LogP contribution is 2.37. The molecule has 1 aliphatic carbocycles. The smallest absolute Gasteiger partial charge is 0.347 e. The maximum atomic E-state index is 11.3. The maximum Gasteiger partial charge on any atom is 0.347 e. The summed E-state index contributed by atoms with van der Waals surface area (Å²) in [6.07, 6.45) is 8.56. The SMILES string of the molecule is CC(C)Nc1nnc(-c2ccc3c(c2)C(c2ncc(C(N)=O)s2)=CC3)o1.NC(=O)c1cnc(Br)s1.NC(=O)c1cnc(Cl)s1.O=C(O)c1cnc(Br)s1. The second kappa shape index (κ2) is 19.0. The van der Waals surface area contributed by atoms with Crippen molar-refractivity contribution in [1.82, 2.24) is 30.1 Å². The van der Waals surface area contributed by atoms with Crippen molar-refractivity contribution in [3.05, 3.63) is 97.0 Å². The average Bonchev–Trinajstić information content (AvgIpc) is 3.93. The predicted molar refractivity (Wildman–Crippen MR) is 211 cm³/mol. The molecule has 6 aromatic rings. The molecule has 5 heterocycles. The fourth-order valence-corrected chi connectivity index (χ4v) is 7.74. The Labute approximate surface area is 337 Å². The number of carboxylic acid groups (broad SMARTS) is 1. The molecule has 0 unspecified atom stereocenters. The Balaban J connectivity index is 0.000000189. The summed E-state index contributed by atoms with van der Waals surface area (Å²) < 4.78 is 7.30. The molecule has 0 bridgehead atoms. The molecule has 1 aliphatic rings. The van der Waals surface area contributed by atoms with Crippen molar-refractivity contribution in [3.8, 4) is 11.5 Å². The van der Waals surface area contributed by atoms with E-state index in [1.54, 1.807) is 0 Å². The molecule has 1 aromatic carbocycles. The number of rotatable bonds is 8. The lowest BCUT2D eigenvalue weighted by atomic mass is 10.0. The minimum atomic E-state index is -0.932. The molecule has 3 amide bonds. The number of anilines is 1. The molecule has 5 aromatic heterocycles. The Bertz CT molecular complexity index is 2160. The van der Waals surface area contributed by atoms with E-state index in [0.29, 0.717) is 38.8 Å². The average molecular weight is 945 g/mol. The molecule has 7 rings (SSSR count). The maximum absolute atomic E-state index is 11.3. The van der Waals surface area contributed by atoms with Gasteiger partial charge in [0.1, 0.15) is 24.5 Å². The van der Waals surface area contributed by atoms with Crippen molar-refractivity contribution in [2.24, 2.45) is 17.2 Å². The number of fused-ring (bicyclic) bond motifs is 1. The number of nitrogens with two attached hydrogens (primary N) is 3. The number of aromatic nitrogens is 6. The molecule has 53 heavy (non-hydrogen) atoms. The van der Waals surface area contributed by atoms with Crippen LogP contribution in [-0.4, -0.2) is 65.0 Å². The molecule has 16 nitrogen and oxygen atoms in total. The van der Waals surface area contributed by atoms with Crippen molar-refractivity contribution in [2.45, 2.75) is 26.3 Å². The molecular weight excluding hydrogens is 920 g/mol. The number of nitrogens with one attached hydrogen (secondary N) is 1. The molecule has 0 spiro atoms. The van der Waals surface area contributed by atoms with E-state index in [0.717, 1.165) is 50.8 Å². The van der Waals surface area contributed by atoms with Gasteiger partial charge in [-0.2, -0.15) is 0 Å². The standard InChI is InChI=1S/C18H17N5O2S.C4H3BrN2OS.C4H2BrNO2S.C4H3ClN2OS/c1-9(2)21-18-23-22-16(25-18)11-4-3-10-5-6-12(13(10)7-11)17-20-8-14(26-17)15(19)24;5-4-7-1-2(9-4)3(6)8;5-4-6-1-2(9-4)3(7)8;5-4-7-1-2(9-4)3(6)8/h3-4,6-9H,5H2,1-2H3,(H2,19,24)(H,21,23);1H,(H2,6,8);1H,(H,7,8);1H,(H2,6,8). The zero-order valence-electron chi connectivity index (χ0n) is 27.1. The minimum Gasteiger partial charge on any atom is -0.477 e. The molecule has 276 valence electrons. The zero-order valence-corrected chi connectivity index (χ0v) is 34.3. The van der Waals surface area contributed by atoms with Gasteiger partial charge in [0.05, 0.1) is 24.8 Å². The highest BCUT2D eigenvalue weighted by Gasteiger charge is 2.21. The van der Waals surface area contributed by atoms with Crippen LogP contribution in [0.5, 0.6) is 0 Å². The van der Waals surface area contributed by atoms with Crippen molar-refractivity contribution >= 4 is 124 Å². The molecule has 23 heteroatoms. The number of halogens is 3.